The van der Waals surface area contributed by atoms with Gasteiger partial charge in [0, 0.05) is 38.1 Å². The predicted octanol–water partition coefficient (Wildman–Crippen LogP) is 3.75. The van der Waals surface area contributed by atoms with Crippen molar-refractivity contribution < 1.29 is 28.6 Å². The summed E-state index contributed by atoms with van der Waals surface area (Å²) in [6.45, 7) is 6.33. The fourth-order valence-corrected chi connectivity index (χ4v) is 5.82. The van der Waals surface area contributed by atoms with Crippen LogP contribution in [0.25, 0.3) is 0 Å². The van der Waals surface area contributed by atoms with Crippen LogP contribution in [0, 0.1) is 17.7 Å². The molecule has 2 saturated heterocycles. The maximum Gasteiger partial charge on any atom is 0.404 e. The molecule has 2 heterocycles. The number of likely N-dealkylation sites (N-methyl/N-ethyl adjacent to an activating group) is 1. The zero-order valence-electron chi connectivity index (χ0n) is 22.2. The Labute approximate surface area is 219 Å². The highest BCUT2D eigenvalue weighted by Gasteiger charge is 2.33. The van der Waals surface area contributed by atoms with Gasteiger partial charge in [-0.2, -0.15) is 0 Å². The average molecular weight is 523 g/mol. The molecule has 6 atom stereocenters. The normalized spacial score (nSPS) is 25.8. The Bertz CT molecular complexity index is 865. The highest BCUT2D eigenvalue weighted by atomic mass is 19.1. The van der Waals surface area contributed by atoms with Crippen molar-refractivity contribution in [3.63, 3.8) is 0 Å². The molecule has 1 aromatic rings. The quantitative estimate of drug-likeness (QED) is 0.329. The molecule has 0 spiro atoms. The van der Waals surface area contributed by atoms with Gasteiger partial charge in [0.1, 0.15) is 5.82 Å². The second-order valence-electron chi connectivity index (χ2n) is 10.5. The van der Waals surface area contributed by atoms with Crippen LogP contribution in [0.1, 0.15) is 57.6 Å². The van der Waals surface area contributed by atoms with Crippen LogP contribution in [-0.4, -0.2) is 80.2 Å². The van der Waals surface area contributed by atoms with Crippen LogP contribution < -0.4 is 16.0 Å². The van der Waals surface area contributed by atoms with E-state index in [1.165, 1.54) is 12.1 Å². The highest BCUT2D eigenvalue weighted by molar-refractivity contribution is 5.74. The van der Waals surface area contributed by atoms with Crippen LogP contribution in [0.4, 0.5) is 14.0 Å². The number of likely N-dealkylation sites (tertiary alicyclic amines) is 1. The molecule has 2 aliphatic rings. The van der Waals surface area contributed by atoms with Gasteiger partial charge in [-0.15, -0.1) is 0 Å². The number of benzene rings is 1. The number of halogens is 1. The van der Waals surface area contributed by atoms with Crippen LogP contribution >= 0.6 is 0 Å². The van der Waals surface area contributed by atoms with Crippen molar-refractivity contribution in [2.45, 2.75) is 70.3 Å². The van der Waals surface area contributed by atoms with Gasteiger partial charge < -0.3 is 35.4 Å². The third-order valence-corrected chi connectivity index (χ3v) is 7.22. The molecule has 2 aliphatic heterocycles. The summed E-state index contributed by atoms with van der Waals surface area (Å²) in [4.78, 5) is 26.0. The van der Waals surface area contributed by atoms with Crippen LogP contribution in [0.15, 0.2) is 24.3 Å². The van der Waals surface area contributed by atoms with Gasteiger partial charge in [0.15, 0.2) is 0 Å². The molecule has 0 saturated carbocycles. The number of rotatable bonds is 11. The van der Waals surface area contributed by atoms with Gasteiger partial charge in [0.25, 0.3) is 0 Å². The fourth-order valence-electron chi connectivity index (χ4n) is 5.82. The molecule has 208 valence electrons. The smallest absolute Gasteiger partial charge is 0.404 e. The molecule has 3 rings (SSSR count). The minimum absolute atomic E-state index is 0.0118. The van der Waals surface area contributed by atoms with Crippen molar-refractivity contribution in [1.29, 1.82) is 0 Å². The minimum atomic E-state index is -1.12. The van der Waals surface area contributed by atoms with E-state index < -0.39 is 12.2 Å². The first kappa shape index (κ1) is 29.1. The standard InChI is InChI=1S/C27H43FN4O5/c1-18-12-20(13-19(2)37-18)14-24(16-29-3)31-26(33)32-10-5-7-22(17-32)25(36-11-9-30-27(34)35)21-6-4-8-23(28)15-21/h4,6,8,15,18-20,22,24-25,29-30H,5,7,9-14,16-17H2,1-3H3,(H,31,33)(H,34,35)/t18-,19+,20?,22-,24+,25+/m1/s1. The van der Waals surface area contributed by atoms with Crippen molar-refractivity contribution in [2.75, 3.05) is 39.8 Å². The van der Waals surface area contributed by atoms with Crippen LogP contribution in [0.3, 0.4) is 0 Å². The number of hydrogen-bond acceptors (Lipinski definition) is 5. The number of nitrogens with zero attached hydrogens (tertiary/aromatic N) is 1. The zero-order valence-corrected chi connectivity index (χ0v) is 22.2. The van der Waals surface area contributed by atoms with Crippen molar-refractivity contribution >= 4 is 12.1 Å². The van der Waals surface area contributed by atoms with E-state index in [1.807, 2.05) is 18.0 Å². The lowest BCUT2D eigenvalue weighted by Crippen LogP contribution is -2.52. The molecular formula is C27H43FN4O5. The minimum Gasteiger partial charge on any atom is -0.465 e. The molecule has 4 N–H and O–H groups in total. The largest absolute Gasteiger partial charge is 0.465 e. The van der Waals surface area contributed by atoms with Gasteiger partial charge in [0.05, 0.1) is 24.9 Å². The maximum absolute atomic E-state index is 14.0. The van der Waals surface area contributed by atoms with Gasteiger partial charge in [-0.1, -0.05) is 12.1 Å². The van der Waals surface area contributed by atoms with Crippen molar-refractivity contribution in [1.82, 2.24) is 20.9 Å². The summed E-state index contributed by atoms with van der Waals surface area (Å²) in [5.41, 5.74) is 0.693. The molecule has 37 heavy (non-hydrogen) atoms. The van der Waals surface area contributed by atoms with E-state index in [9.17, 15) is 14.0 Å². The molecule has 0 radical (unpaired) electrons. The monoisotopic (exact) mass is 522 g/mol. The number of carbonyl (C=O) groups excluding carboxylic acids is 1. The van der Waals surface area contributed by atoms with E-state index in [0.717, 1.165) is 32.1 Å². The fraction of sp³-hybridized carbons (Fsp3) is 0.704. The molecule has 0 aliphatic carbocycles. The lowest BCUT2D eigenvalue weighted by atomic mass is 9.87. The lowest BCUT2D eigenvalue weighted by molar-refractivity contribution is -0.0547. The Morgan fingerprint density at radius 3 is 2.70 bits per heavy atom. The predicted molar refractivity (Wildman–Crippen MR) is 139 cm³/mol. The molecule has 9 nitrogen and oxygen atoms in total. The first-order valence-corrected chi connectivity index (χ1v) is 13.4. The molecule has 2 fully saturated rings. The lowest BCUT2D eigenvalue weighted by Gasteiger charge is -2.38. The average Bonchev–Trinajstić information content (AvgIpc) is 2.83. The number of carboxylic acid groups (broad SMARTS) is 1. The molecule has 1 unspecified atom stereocenters. The van der Waals surface area contributed by atoms with Gasteiger partial charge in [-0.05, 0) is 76.6 Å². The number of hydrogen-bond donors (Lipinski definition) is 4. The first-order valence-electron chi connectivity index (χ1n) is 13.4. The highest BCUT2D eigenvalue weighted by Crippen LogP contribution is 2.33. The second kappa shape index (κ2) is 14.5. The Morgan fingerprint density at radius 2 is 2.03 bits per heavy atom. The number of ether oxygens (including phenoxy) is 2. The number of carbonyl (C=O) groups is 2. The third kappa shape index (κ3) is 9.43. The molecule has 3 amide bonds. The van der Waals surface area contributed by atoms with E-state index in [1.54, 1.807) is 6.07 Å². The summed E-state index contributed by atoms with van der Waals surface area (Å²) in [7, 11) is 1.89. The van der Waals surface area contributed by atoms with Crippen LogP contribution in [0.2, 0.25) is 0 Å². The van der Waals surface area contributed by atoms with Gasteiger partial charge >= 0.3 is 12.1 Å². The topological polar surface area (TPSA) is 112 Å². The summed E-state index contributed by atoms with van der Waals surface area (Å²) < 4.78 is 26.0. The molecule has 1 aromatic carbocycles. The van der Waals surface area contributed by atoms with E-state index in [2.05, 4.69) is 29.8 Å². The SMILES string of the molecule is CNC[C@H](CC1C[C@@H](C)O[C@@H](C)C1)NC(=O)N1CCC[C@@H]([C@@H](OCCNC(=O)O)c2cccc(F)c2)C1. The number of amides is 3. The van der Waals surface area contributed by atoms with E-state index in [-0.39, 0.29) is 49.2 Å². The third-order valence-electron chi connectivity index (χ3n) is 7.22. The Morgan fingerprint density at radius 1 is 1.27 bits per heavy atom. The summed E-state index contributed by atoms with van der Waals surface area (Å²) in [5.74, 6) is 0.106. The summed E-state index contributed by atoms with van der Waals surface area (Å²) in [5, 5.41) is 17.6. The van der Waals surface area contributed by atoms with Gasteiger partial charge in [-0.25, -0.2) is 14.0 Å². The molecular weight excluding hydrogens is 479 g/mol. The van der Waals surface area contributed by atoms with Gasteiger partial charge in [0.2, 0.25) is 0 Å². The summed E-state index contributed by atoms with van der Waals surface area (Å²) >= 11 is 0. The summed E-state index contributed by atoms with van der Waals surface area (Å²) in [6, 6.07) is 6.21. The molecule has 0 bridgehead atoms. The first-order chi connectivity index (χ1) is 17.7. The summed E-state index contributed by atoms with van der Waals surface area (Å²) in [6.07, 6.45) is 3.42. The van der Waals surface area contributed by atoms with Crippen LogP contribution in [-0.2, 0) is 9.47 Å². The van der Waals surface area contributed by atoms with Crippen molar-refractivity contribution in [3.8, 4) is 0 Å². The molecule has 10 heteroatoms. The van der Waals surface area contributed by atoms with E-state index >= 15 is 0 Å². The van der Waals surface area contributed by atoms with Gasteiger partial charge in [-0.3, -0.25) is 0 Å². The van der Waals surface area contributed by atoms with Crippen molar-refractivity contribution in [3.05, 3.63) is 35.6 Å². The second-order valence-corrected chi connectivity index (χ2v) is 10.5. The van der Waals surface area contributed by atoms with E-state index in [4.69, 9.17) is 14.6 Å². The van der Waals surface area contributed by atoms with E-state index in [0.29, 0.717) is 31.1 Å². The van der Waals surface area contributed by atoms with Crippen LogP contribution in [0.5, 0.6) is 0 Å². The Kier molecular flexibility index (Phi) is 11.4. The molecule has 0 aromatic heterocycles. The number of piperidine rings is 1. The maximum atomic E-state index is 14.0. The number of nitrogens with one attached hydrogen (secondary N) is 3. The number of urea groups is 1. The Hall–Kier alpha value is -2.43. The van der Waals surface area contributed by atoms with Crippen molar-refractivity contribution in [2.24, 2.45) is 11.8 Å². The zero-order chi connectivity index (χ0) is 26.8. The Balaban J connectivity index is 1.63.